The molecule has 0 saturated carbocycles. The van der Waals surface area contributed by atoms with Gasteiger partial charge in [0.25, 0.3) is 0 Å². The number of fused-ring (bicyclic) bond motifs is 5. The van der Waals surface area contributed by atoms with E-state index in [1.54, 1.807) is 7.05 Å². The molecule has 0 aromatic heterocycles. The smallest absolute Gasteiger partial charge is 0.191 e. The Balaban J connectivity index is 1.20. The fourth-order valence-corrected chi connectivity index (χ4v) is 7.66. The molecule has 1 atom stereocenters. The van der Waals surface area contributed by atoms with Crippen LogP contribution in [0.15, 0.2) is 57.9 Å². The van der Waals surface area contributed by atoms with E-state index in [9.17, 15) is 4.79 Å². The predicted octanol–water partition coefficient (Wildman–Crippen LogP) is 3.62. The SMILES string of the molecule is CN=CC1=CCC2C(=C1)NC1=C2C(=O)c2ccc(N3CCC(N4CCOCC4)CC3)cc2C12CCOCC2. The van der Waals surface area contributed by atoms with Crippen molar-refractivity contribution in [1.82, 2.24) is 10.2 Å². The lowest BCUT2D eigenvalue weighted by Crippen LogP contribution is -2.49. The maximum Gasteiger partial charge on any atom is 0.191 e. The summed E-state index contributed by atoms with van der Waals surface area (Å²) in [6, 6.07) is 7.32. The van der Waals surface area contributed by atoms with Crippen molar-refractivity contribution in [3.05, 3.63) is 64.0 Å². The summed E-state index contributed by atoms with van der Waals surface area (Å²) in [5.74, 6) is 0.310. The van der Waals surface area contributed by atoms with E-state index in [1.165, 1.54) is 24.1 Å². The van der Waals surface area contributed by atoms with Crippen LogP contribution < -0.4 is 10.2 Å². The first-order valence-electron chi connectivity index (χ1n) is 14.4. The highest BCUT2D eigenvalue weighted by molar-refractivity contribution is 6.13. The van der Waals surface area contributed by atoms with Crippen molar-refractivity contribution in [2.45, 2.75) is 43.6 Å². The highest BCUT2D eigenvalue weighted by atomic mass is 16.5. The van der Waals surface area contributed by atoms with E-state index in [0.29, 0.717) is 6.04 Å². The number of morpholine rings is 1. The van der Waals surface area contributed by atoms with Crippen LogP contribution in [0.3, 0.4) is 0 Å². The zero-order valence-electron chi connectivity index (χ0n) is 22.4. The number of anilines is 1. The highest BCUT2D eigenvalue weighted by Crippen LogP contribution is 2.53. The molecule has 7 nitrogen and oxygen atoms in total. The number of hydrogen-bond acceptors (Lipinski definition) is 7. The number of nitrogens with zero attached hydrogens (tertiary/aromatic N) is 3. The van der Waals surface area contributed by atoms with Crippen molar-refractivity contribution >= 4 is 17.7 Å². The van der Waals surface area contributed by atoms with E-state index in [2.05, 4.69) is 50.5 Å². The first kappa shape index (κ1) is 24.3. The van der Waals surface area contributed by atoms with Gasteiger partial charge in [-0.15, -0.1) is 0 Å². The van der Waals surface area contributed by atoms with E-state index < -0.39 is 0 Å². The van der Waals surface area contributed by atoms with Crippen molar-refractivity contribution in [2.24, 2.45) is 10.9 Å². The van der Waals surface area contributed by atoms with Gasteiger partial charge in [0, 0.05) is 98.2 Å². The van der Waals surface area contributed by atoms with Gasteiger partial charge in [0.1, 0.15) is 0 Å². The van der Waals surface area contributed by atoms with E-state index >= 15 is 0 Å². The molecule has 7 heteroatoms. The van der Waals surface area contributed by atoms with Crippen molar-refractivity contribution in [3.8, 4) is 0 Å². The van der Waals surface area contributed by atoms with Gasteiger partial charge < -0.3 is 19.7 Å². The Labute approximate surface area is 225 Å². The summed E-state index contributed by atoms with van der Waals surface area (Å²) in [4.78, 5) is 23.4. The van der Waals surface area contributed by atoms with Crippen molar-refractivity contribution in [3.63, 3.8) is 0 Å². The molecule has 1 aromatic rings. The Morgan fingerprint density at radius 3 is 2.58 bits per heavy atom. The lowest BCUT2D eigenvalue weighted by atomic mass is 9.64. The molecule has 4 aliphatic heterocycles. The number of Topliss-reactive ketones (excluding diaryl/α,β-unsaturated/α-hetero) is 1. The van der Waals surface area contributed by atoms with Gasteiger partial charge in [-0.25, -0.2) is 0 Å². The normalized spacial score (nSPS) is 27.7. The zero-order valence-corrected chi connectivity index (χ0v) is 22.4. The number of ketones is 1. The molecule has 4 heterocycles. The summed E-state index contributed by atoms with van der Waals surface area (Å²) < 4.78 is 11.4. The van der Waals surface area contributed by atoms with Gasteiger partial charge in [-0.05, 0) is 67.5 Å². The van der Waals surface area contributed by atoms with Gasteiger partial charge >= 0.3 is 0 Å². The van der Waals surface area contributed by atoms with Crippen LogP contribution in [0.4, 0.5) is 5.69 Å². The number of carbonyl (C=O) groups is 1. The van der Waals surface area contributed by atoms with Gasteiger partial charge in [-0.3, -0.25) is 14.7 Å². The Kier molecular flexibility index (Phi) is 6.26. The van der Waals surface area contributed by atoms with Crippen LogP contribution in [0, 0.1) is 5.92 Å². The summed E-state index contributed by atoms with van der Waals surface area (Å²) in [6.45, 7) is 7.38. The van der Waals surface area contributed by atoms with Crippen molar-refractivity contribution < 1.29 is 14.3 Å². The first-order valence-corrected chi connectivity index (χ1v) is 14.4. The maximum atomic E-state index is 14.1. The second-order valence-electron chi connectivity index (χ2n) is 11.5. The van der Waals surface area contributed by atoms with Crippen LogP contribution in [0.1, 0.15) is 48.0 Å². The van der Waals surface area contributed by atoms with E-state index in [-0.39, 0.29) is 17.1 Å². The number of allylic oxidation sites excluding steroid dienone is 5. The van der Waals surface area contributed by atoms with E-state index in [4.69, 9.17) is 9.47 Å². The maximum absolute atomic E-state index is 14.1. The van der Waals surface area contributed by atoms with Crippen LogP contribution in [-0.2, 0) is 14.9 Å². The van der Waals surface area contributed by atoms with Crippen LogP contribution in [-0.4, -0.2) is 82.6 Å². The van der Waals surface area contributed by atoms with Crippen LogP contribution in [0.25, 0.3) is 0 Å². The topological polar surface area (TPSA) is 66.4 Å². The summed E-state index contributed by atoms with van der Waals surface area (Å²) in [6.07, 6.45) is 11.3. The monoisotopic (exact) mass is 514 g/mol. The molecule has 0 bridgehead atoms. The lowest BCUT2D eigenvalue weighted by molar-refractivity contribution is 0.0115. The standard InChI is InChI=1S/C31H38N4O3/c1-32-20-21-2-4-25-27(18-21)33-30-28(25)29(36)24-5-3-23(19-26(24)31(30)8-14-37-15-9-31)34-10-6-22(7-11-34)35-12-16-38-17-13-35/h2-3,5,18-20,22,25,33H,4,6-17H2,1H3. The van der Waals surface area contributed by atoms with Gasteiger partial charge in [0.05, 0.1) is 13.2 Å². The Bertz CT molecular complexity index is 1240. The van der Waals surface area contributed by atoms with E-state index in [0.717, 1.165) is 100.0 Å². The number of ether oxygens (including phenoxy) is 2. The number of aliphatic imine (C=N–C) groups is 1. The molecule has 1 spiro atoms. The summed E-state index contributed by atoms with van der Waals surface area (Å²) in [7, 11) is 1.80. The van der Waals surface area contributed by atoms with Crippen LogP contribution in [0.2, 0.25) is 0 Å². The molecule has 0 radical (unpaired) electrons. The fourth-order valence-electron chi connectivity index (χ4n) is 7.66. The Morgan fingerprint density at radius 2 is 1.82 bits per heavy atom. The van der Waals surface area contributed by atoms with Crippen LogP contribution >= 0.6 is 0 Å². The second kappa shape index (κ2) is 9.78. The number of benzene rings is 1. The van der Waals surface area contributed by atoms with Crippen molar-refractivity contribution in [2.75, 3.05) is 64.6 Å². The summed E-state index contributed by atoms with van der Waals surface area (Å²) in [5.41, 5.74) is 7.53. The largest absolute Gasteiger partial charge is 0.381 e. The number of carbonyl (C=O) groups excluding carboxylic acids is 1. The minimum Gasteiger partial charge on any atom is -0.381 e. The first-order chi connectivity index (χ1) is 18.7. The number of nitrogens with one attached hydrogen (secondary N) is 1. The molecule has 0 amide bonds. The average Bonchev–Trinajstić information content (AvgIpc) is 3.37. The molecule has 1 unspecified atom stereocenters. The van der Waals surface area contributed by atoms with E-state index in [1.807, 2.05) is 6.21 Å². The molecule has 2 aliphatic carbocycles. The van der Waals surface area contributed by atoms with Crippen molar-refractivity contribution in [1.29, 1.82) is 0 Å². The average molecular weight is 515 g/mol. The second-order valence-corrected chi connectivity index (χ2v) is 11.5. The molecule has 1 N–H and O–H groups in total. The third-order valence-electron chi connectivity index (χ3n) is 9.68. The van der Waals surface area contributed by atoms with Gasteiger partial charge in [0.15, 0.2) is 5.78 Å². The quantitative estimate of drug-likeness (QED) is 0.622. The molecule has 1 aromatic carbocycles. The molecular weight excluding hydrogens is 476 g/mol. The van der Waals surface area contributed by atoms with Crippen LogP contribution in [0.5, 0.6) is 0 Å². The molecule has 6 aliphatic rings. The minimum atomic E-state index is -0.198. The Hall–Kier alpha value is -2.74. The molecule has 3 saturated heterocycles. The van der Waals surface area contributed by atoms with Gasteiger partial charge in [-0.2, -0.15) is 0 Å². The zero-order chi connectivity index (χ0) is 25.7. The molecule has 200 valence electrons. The number of rotatable bonds is 3. The van der Waals surface area contributed by atoms with Gasteiger partial charge in [-0.1, -0.05) is 6.08 Å². The molecule has 38 heavy (non-hydrogen) atoms. The Morgan fingerprint density at radius 1 is 1.05 bits per heavy atom. The lowest BCUT2D eigenvalue weighted by Gasteiger charge is -2.44. The predicted molar refractivity (Wildman–Crippen MR) is 149 cm³/mol. The fraction of sp³-hybridized carbons (Fsp3) is 0.548. The molecule has 3 fully saturated rings. The third kappa shape index (κ3) is 3.90. The highest BCUT2D eigenvalue weighted by Gasteiger charge is 2.51. The summed E-state index contributed by atoms with van der Waals surface area (Å²) in [5, 5.41) is 3.79. The summed E-state index contributed by atoms with van der Waals surface area (Å²) >= 11 is 0. The minimum absolute atomic E-state index is 0.110. The number of hydrogen-bond donors (Lipinski definition) is 1. The molecule has 7 rings (SSSR count). The van der Waals surface area contributed by atoms with Gasteiger partial charge in [0.2, 0.25) is 0 Å². The molecular formula is C31H38N4O3. The third-order valence-corrected chi connectivity index (χ3v) is 9.68. The number of piperidine rings is 1.